The molecule has 1 saturated heterocycles. The molecule has 0 aromatic heterocycles. The van der Waals surface area contributed by atoms with Gasteiger partial charge < -0.3 is 9.84 Å². The van der Waals surface area contributed by atoms with Crippen molar-refractivity contribution in [3.05, 3.63) is 29.6 Å². The summed E-state index contributed by atoms with van der Waals surface area (Å²) in [5, 5.41) is 10.7. The van der Waals surface area contributed by atoms with Gasteiger partial charge in [0, 0.05) is 12.2 Å². The molecule has 2 rings (SSSR count). The van der Waals surface area contributed by atoms with Crippen molar-refractivity contribution < 1.29 is 14.2 Å². The van der Waals surface area contributed by atoms with Crippen molar-refractivity contribution in [3.8, 4) is 5.75 Å². The van der Waals surface area contributed by atoms with Gasteiger partial charge in [0.2, 0.25) is 0 Å². The molecule has 1 fully saturated rings. The second-order valence-corrected chi connectivity index (χ2v) is 7.19. The Kier molecular flexibility index (Phi) is 4.11. The van der Waals surface area contributed by atoms with E-state index in [0.29, 0.717) is 12.2 Å². The lowest BCUT2D eigenvalue weighted by molar-refractivity contribution is 0.0199. The van der Waals surface area contributed by atoms with Gasteiger partial charge in [0.1, 0.15) is 0 Å². The summed E-state index contributed by atoms with van der Waals surface area (Å²) >= 11 is 1.77. The molecule has 19 heavy (non-hydrogen) atoms. The van der Waals surface area contributed by atoms with E-state index in [1.54, 1.807) is 17.8 Å². The van der Waals surface area contributed by atoms with Crippen LogP contribution in [0, 0.1) is 11.2 Å². The van der Waals surface area contributed by atoms with Gasteiger partial charge in [-0.1, -0.05) is 19.9 Å². The predicted molar refractivity (Wildman–Crippen MR) is 77.3 cm³/mol. The lowest BCUT2D eigenvalue weighted by Gasteiger charge is -2.41. The van der Waals surface area contributed by atoms with E-state index in [2.05, 4.69) is 13.8 Å². The van der Waals surface area contributed by atoms with Crippen LogP contribution < -0.4 is 4.74 Å². The molecule has 0 spiro atoms. The molecule has 0 saturated carbocycles. The van der Waals surface area contributed by atoms with Crippen LogP contribution in [0.25, 0.3) is 0 Å². The average molecular weight is 284 g/mol. The molecule has 1 N–H and O–H groups in total. The minimum atomic E-state index is -0.743. The minimum Gasteiger partial charge on any atom is -0.494 e. The Bertz CT molecular complexity index is 461. The SMILES string of the molecule is COc1ccc(CC2(O)CSCC(C)(C)C2)cc1F. The normalized spacial score (nSPS) is 26.2. The number of aliphatic hydroxyl groups is 1. The summed E-state index contributed by atoms with van der Waals surface area (Å²) in [4.78, 5) is 0. The van der Waals surface area contributed by atoms with Crippen LogP contribution in [0.2, 0.25) is 0 Å². The Morgan fingerprint density at radius 1 is 1.37 bits per heavy atom. The quantitative estimate of drug-likeness (QED) is 0.923. The first-order chi connectivity index (χ1) is 8.84. The number of hydrogen-bond donors (Lipinski definition) is 1. The van der Waals surface area contributed by atoms with Crippen LogP contribution >= 0.6 is 11.8 Å². The van der Waals surface area contributed by atoms with Crippen molar-refractivity contribution in [3.63, 3.8) is 0 Å². The van der Waals surface area contributed by atoms with Gasteiger partial charge in [-0.3, -0.25) is 0 Å². The van der Waals surface area contributed by atoms with E-state index in [4.69, 9.17) is 4.74 Å². The summed E-state index contributed by atoms with van der Waals surface area (Å²) in [6.45, 7) is 4.33. The number of hydrogen-bond acceptors (Lipinski definition) is 3. The van der Waals surface area contributed by atoms with Crippen molar-refractivity contribution in [2.45, 2.75) is 32.3 Å². The molecular formula is C15H21FO2S. The third-order valence-electron chi connectivity index (χ3n) is 3.42. The molecule has 0 aliphatic carbocycles. The standard InChI is InChI=1S/C15H21FO2S/c1-14(2)8-15(17,10-19-9-14)7-11-4-5-13(18-3)12(16)6-11/h4-6,17H,7-10H2,1-3H3. The Morgan fingerprint density at radius 3 is 2.68 bits per heavy atom. The fourth-order valence-corrected chi connectivity index (χ4v) is 4.16. The van der Waals surface area contributed by atoms with Crippen LogP contribution in [0.4, 0.5) is 4.39 Å². The van der Waals surface area contributed by atoms with Gasteiger partial charge in [-0.2, -0.15) is 11.8 Å². The lowest BCUT2D eigenvalue weighted by Crippen LogP contribution is -2.44. The molecule has 2 nitrogen and oxygen atoms in total. The van der Waals surface area contributed by atoms with E-state index in [9.17, 15) is 9.50 Å². The molecular weight excluding hydrogens is 263 g/mol. The van der Waals surface area contributed by atoms with E-state index in [1.807, 2.05) is 6.07 Å². The average Bonchev–Trinajstić information content (AvgIpc) is 2.26. The summed E-state index contributed by atoms with van der Waals surface area (Å²) < 4.78 is 18.6. The zero-order chi connectivity index (χ0) is 14.1. The molecule has 106 valence electrons. The first kappa shape index (κ1) is 14.7. The van der Waals surface area contributed by atoms with E-state index in [-0.39, 0.29) is 17.0 Å². The predicted octanol–water partition coefficient (Wildman–Crippen LogP) is 3.27. The highest BCUT2D eigenvalue weighted by atomic mass is 32.2. The van der Waals surface area contributed by atoms with E-state index < -0.39 is 5.60 Å². The van der Waals surface area contributed by atoms with Crippen molar-refractivity contribution in [1.29, 1.82) is 0 Å². The summed E-state index contributed by atoms with van der Waals surface area (Å²) in [5.41, 5.74) is 0.204. The fraction of sp³-hybridized carbons (Fsp3) is 0.600. The van der Waals surface area contributed by atoms with Crippen LogP contribution in [0.1, 0.15) is 25.8 Å². The van der Waals surface area contributed by atoms with Crippen LogP contribution in [0.5, 0.6) is 5.75 Å². The fourth-order valence-electron chi connectivity index (χ4n) is 2.82. The summed E-state index contributed by atoms with van der Waals surface area (Å²) in [6.07, 6.45) is 1.24. The van der Waals surface area contributed by atoms with Gasteiger partial charge in [0.25, 0.3) is 0 Å². The monoisotopic (exact) mass is 284 g/mol. The number of methoxy groups -OCH3 is 1. The zero-order valence-corrected chi connectivity index (χ0v) is 12.5. The molecule has 0 radical (unpaired) electrons. The van der Waals surface area contributed by atoms with Gasteiger partial charge in [-0.15, -0.1) is 0 Å². The Labute approximate surface area is 118 Å². The van der Waals surface area contributed by atoms with Gasteiger partial charge in [0.05, 0.1) is 12.7 Å². The van der Waals surface area contributed by atoms with Crippen molar-refractivity contribution in [2.75, 3.05) is 18.6 Å². The Morgan fingerprint density at radius 2 is 2.11 bits per heavy atom. The van der Waals surface area contributed by atoms with E-state index in [0.717, 1.165) is 17.7 Å². The van der Waals surface area contributed by atoms with Crippen LogP contribution in [0.3, 0.4) is 0 Å². The third kappa shape index (κ3) is 3.63. The van der Waals surface area contributed by atoms with Gasteiger partial charge in [0.15, 0.2) is 11.6 Å². The molecule has 1 unspecified atom stereocenters. The molecule has 1 aliphatic heterocycles. The molecule has 4 heteroatoms. The number of ether oxygens (including phenoxy) is 1. The van der Waals surface area contributed by atoms with Gasteiger partial charge in [-0.05, 0) is 35.3 Å². The lowest BCUT2D eigenvalue weighted by atomic mass is 9.79. The Hall–Kier alpha value is -0.740. The highest BCUT2D eigenvalue weighted by Gasteiger charge is 2.39. The molecule has 1 aliphatic rings. The summed E-state index contributed by atoms with van der Waals surface area (Å²) in [7, 11) is 1.45. The van der Waals surface area contributed by atoms with E-state index in [1.165, 1.54) is 13.2 Å². The molecule has 1 aromatic rings. The van der Waals surface area contributed by atoms with Crippen molar-refractivity contribution in [1.82, 2.24) is 0 Å². The second-order valence-electron chi connectivity index (χ2n) is 6.20. The maximum Gasteiger partial charge on any atom is 0.165 e. The molecule has 0 bridgehead atoms. The maximum atomic E-state index is 13.7. The highest BCUT2D eigenvalue weighted by molar-refractivity contribution is 7.99. The summed E-state index contributed by atoms with van der Waals surface area (Å²) in [6, 6.07) is 4.91. The topological polar surface area (TPSA) is 29.5 Å². The summed E-state index contributed by atoms with van der Waals surface area (Å²) in [5.74, 6) is 1.65. The number of rotatable bonds is 3. The molecule has 1 heterocycles. The number of thioether (sulfide) groups is 1. The van der Waals surface area contributed by atoms with Gasteiger partial charge >= 0.3 is 0 Å². The first-order valence-electron chi connectivity index (χ1n) is 6.46. The third-order valence-corrected chi connectivity index (χ3v) is 5.15. The smallest absolute Gasteiger partial charge is 0.165 e. The number of halogens is 1. The Balaban J connectivity index is 2.14. The molecule has 0 amide bonds. The van der Waals surface area contributed by atoms with Crippen LogP contribution in [-0.2, 0) is 6.42 Å². The molecule has 1 aromatic carbocycles. The van der Waals surface area contributed by atoms with Crippen molar-refractivity contribution >= 4 is 11.8 Å². The van der Waals surface area contributed by atoms with Crippen LogP contribution in [0.15, 0.2) is 18.2 Å². The minimum absolute atomic E-state index is 0.128. The largest absolute Gasteiger partial charge is 0.494 e. The first-order valence-corrected chi connectivity index (χ1v) is 7.62. The molecule has 1 atom stereocenters. The van der Waals surface area contributed by atoms with Gasteiger partial charge in [-0.25, -0.2) is 4.39 Å². The van der Waals surface area contributed by atoms with Crippen LogP contribution in [-0.4, -0.2) is 29.3 Å². The van der Waals surface area contributed by atoms with E-state index >= 15 is 0 Å². The highest BCUT2D eigenvalue weighted by Crippen LogP contribution is 2.40. The number of benzene rings is 1. The maximum absolute atomic E-state index is 13.7. The van der Waals surface area contributed by atoms with Crippen molar-refractivity contribution in [2.24, 2.45) is 5.41 Å². The second kappa shape index (κ2) is 5.33. The zero-order valence-electron chi connectivity index (χ0n) is 11.7.